The van der Waals surface area contributed by atoms with Gasteiger partial charge in [-0.3, -0.25) is 4.79 Å². The summed E-state index contributed by atoms with van der Waals surface area (Å²) in [5, 5.41) is 31.0. The first-order chi connectivity index (χ1) is 14.4. The van der Waals surface area contributed by atoms with E-state index < -0.39 is 18.3 Å². The van der Waals surface area contributed by atoms with Crippen molar-refractivity contribution in [3.05, 3.63) is 60.2 Å². The van der Waals surface area contributed by atoms with E-state index in [1.54, 1.807) is 25.1 Å². The highest BCUT2D eigenvalue weighted by molar-refractivity contribution is 5.75. The fourth-order valence-electron chi connectivity index (χ4n) is 3.98. The molecule has 5 heteroatoms. The summed E-state index contributed by atoms with van der Waals surface area (Å²) in [7, 11) is 3.52. The van der Waals surface area contributed by atoms with Gasteiger partial charge in [-0.05, 0) is 43.6 Å². The van der Waals surface area contributed by atoms with Crippen LogP contribution in [0.25, 0.3) is 0 Å². The Morgan fingerprint density at radius 1 is 1.17 bits per heavy atom. The van der Waals surface area contributed by atoms with Crippen LogP contribution in [-0.4, -0.2) is 58.5 Å². The van der Waals surface area contributed by atoms with Crippen molar-refractivity contribution in [3.8, 4) is 0 Å². The third-order valence-corrected chi connectivity index (χ3v) is 5.88. The second-order valence-electron chi connectivity index (χ2n) is 8.48. The highest BCUT2D eigenvalue weighted by atomic mass is 16.3. The van der Waals surface area contributed by atoms with Crippen LogP contribution in [0.2, 0.25) is 0 Å². The summed E-state index contributed by atoms with van der Waals surface area (Å²) in [6, 6.07) is 10.1. The van der Waals surface area contributed by atoms with Crippen LogP contribution in [0.4, 0.5) is 0 Å². The second kappa shape index (κ2) is 12.7. The number of aliphatic hydroxyl groups is 3. The molecule has 1 aliphatic carbocycles. The smallest absolute Gasteiger partial charge is 0.222 e. The minimum Gasteiger partial charge on any atom is -0.393 e. The Hall–Kier alpha value is -1.95. The molecule has 1 saturated carbocycles. The van der Waals surface area contributed by atoms with Gasteiger partial charge in [0, 0.05) is 32.9 Å². The van der Waals surface area contributed by atoms with Crippen LogP contribution in [0.1, 0.15) is 44.1 Å². The molecular weight excluding hydrogens is 378 g/mol. The molecule has 5 unspecified atom stereocenters. The zero-order valence-electron chi connectivity index (χ0n) is 18.2. The maximum Gasteiger partial charge on any atom is 0.222 e. The summed E-state index contributed by atoms with van der Waals surface area (Å²) < 4.78 is 0. The van der Waals surface area contributed by atoms with Crippen LogP contribution in [0.15, 0.2) is 54.6 Å². The zero-order chi connectivity index (χ0) is 21.9. The summed E-state index contributed by atoms with van der Waals surface area (Å²) in [5.41, 5.74) is 1.19. The lowest BCUT2D eigenvalue weighted by atomic mass is 9.89. The van der Waals surface area contributed by atoms with E-state index in [1.807, 2.05) is 42.5 Å². The van der Waals surface area contributed by atoms with Crippen molar-refractivity contribution in [3.63, 3.8) is 0 Å². The zero-order valence-corrected chi connectivity index (χ0v) is 18.2. The van der Waals surface area contributed by atoms with Crippen LogP contribution >= 0.6 is 0 Å². The minimum atomic E-state index is -0.589. The molecule has 30 heavy (non-hydrogen) atoms. The Labute approximate surface area is 180 Å². The maximum absolute atomic E-state index is 11.6. The van der Waals surface area contributed by atoms with Gasteiger partial charge >= 0.3 is 0 Å². The molecule has 0 radical (unpaired) electrons. The molecule has 166 valence electrons. The van der Waals surface area contributed by atoms with Crippen molar-refractivity contribution in [2.24, 2.45) is 11.8 Å². The summed E-state index contributed by atoms with van der Waals surface area (Å²) in [6.45, 7) is 0. The van der Waals surface area contributed by atoms with E-state index in [-0.39, 0.29) is 17.7 Å². The van der Waals surface area contributed by atoms with Gasteiger partial charge in [-0.1, -0.05) is 54.6 Å². The first kappa shape index (κ1) is 24.3. The Morgan fingerprint density at radius 3 is 2.60 bits per heavy atom. The lowest BCUT2D eigenvalue weighted by molar-refractivity contribution is -0.128. The highest BCUT2D eigenvalue weighted by Crippen LogP contribution is 2.36. The number of aliphatic hydroxyl groups excluding tert-OH is 3. The number of allylic oxidation sites excluding steroid dienone is 2. The van der Waals surface area contributed by atoms with Gasteiger partial charge in [-0.2, -0.15) is 0 Å². The molecule has 2 rings (SSSR count). The number of amides is 1. The molecule has 5 nitrogen and oxygen atoms in total. The SMILES string of the molecule is CN(C)C(=O)CCCC=CCC1C(O)CC(O)C1C=CC(O)CCc1ccccc1. The normalized spacial score (nSPS) is 25.2. The topological polar surface area (TPSA) is 81.0 Å². The lowest BCUT2D eigenvalue weighted by Gasteiger charge is -2.19. The van der Waals surface area contributed by atoms with Crippen molar-refractivity contribution in [2.45, 2.75) is 63.3 Å². The molecule has 1 amide bonds. The molecule has 0 aromatic heterocycles. The van der Waals surface area contributed by atoms with Crippen LogP contribution in [-0.2, 0) is 11.2 Å². The molecular formula is C25H37NO4. The molecule has 0 spiro atoms. The Kier molecular flexibility index (Phi) is 10.3. The molecule has 1 fully saturated rings. The fourth-order valence-corrected chi connectivity index (χ4v) is 3.98. The van der Waals surface area contributed by atoms with E-state index in [0.717, 1.165) is 19.3 Å². The molecule has 1 aromatic rings. The van der Waals surface area contributed by atoms with Crippen molar-refractivity contribution < 1.29 is 20.1 Å². The number of hydrogen-bond acceptors (Lipinski definition) is 4. The first-order valence-electron chi connectivity index (χ1n) is 11.0. The number of rotatable bonds is 11. The predicted octanol–water partition coefficient (Wildman–Crippen LogP) is 3.10. The summed E-state index contributed by atoms with van der Waals surface area (Å²) in [6.07, 6.45) is 10.7. The monoisotopic (exact) mass is 415 g/mol. The van der Waals surface area contributed by atoms with Crippen molar-refractivity contribution in [2.75, 3.05) is 14.1 Å². The highest BCUT2D eigenvalue weighted by Gasteiger charge is 2.39. The fraction of sp³-hybridized carbons (Fsp3) is 0.560. The van der Waals surface area contributed by atoms with Crippen LogP contribution in [0.5, 0.6) is 0 Å². The van der Waals surface area contributed by atoms with E-state index >= 15 is 0 Å². The standard InChI is InChI=1S/C25H37NO4/c1-26(2)25(30)13-9-4-3-8-12-21-22(24(29)18-23(21)28)17-16-20(27)15-14-19-10-6-5-7-11-19/h3,5-8,10-11,16-17,20-24,27-29H,4,9,12-15,18H2,1-2H3. The number of aryl methyl sites for hydroxylation is 1. The van der Waals surface area contributed by atoms with Crippen LogP contribution < -0.4 is 0 Å². The number of nitrogens with zero attached hydrogens (tertiary/aromatic N) is 1. The number of benzene rings is 1. The van der Waals surface area contributed by atoms with Gasteiger partial charge in [0.15, 0.2) is 0 Å². The first-order valence-corrected chi connectivity index (χ1v) is 11.0. The van der Waals surface area contributed by atoms with Crippen LogP contribution in [0.3, 0.4) is 0 Å². The Bertz CT molecular complexity index is 686. The molecule has 0 aliphatic heterocycles. The minimum absolute atomic E-state index is 0.0581. The van der Waals surface area contributed by atoms with Gasteiger partial charge in [0.05, 0.1) is 18.3 Å². The largest absolute Gasteiger partial charge is 0.393 e. The number of carbonyl (C=O) groups is 1. The van der Waals surface area contributed by atoms with Crippen molar-refractivity contribution in [1.82, 2.24) is 4.90 Å². The summed E-state index contributed by atoms with van der Waals surface area (Å²) in [4.78, 5) is 13.2. The molecule has 3 N–H and O–H groups in total. The van der Waals surface area contributed by atoms with Crippen molar-refractivity contribution >= 4 is 5.91 Å². The van der Waals surface area contributed by atoms with Gasteiger partial charge in [-0.15, -0.1) is 0 Å². The van der Waals surface area contributed by atoms with Gasteiger partial charge in [0.2, 0.25) is 5.91 Å². The molecule has 0 saturated heterocycles. The predicted molar refractivity (Wildman–Crippen MR) is 120 cm³/mol. The third-order valence-electron chi connectivity index (χ3n) is 5.88. The molecule has 0 heterocycles. The van der Waals surface area contributed by atoms with E-state index in [4.69, 9.17) is 0 Å². The van der Waals surface area contributed by atoms with Gasteiger partial charge in [0.1, 0.15) is 0 Å². The average molecular weight is 416 g/mol. The van der Waals surface area contributed by atoms with Crippen molar-refractivity contribution in [1.29, 1.82) is 0 Å². The Morgan fingerprint density at radius 2 is 1.90 bits per heavy atom. The van der Waals surface area contributed by atoms with Crippen LogP contribution in [0, 0.1) is 11.8 Å². The van der Waals surface area contributed by atoms with E-state index in [2.05, 4.69) is 6.08 Å². The van der Waals surface area contributed by atoms with E-state index in [1.165, 1.54) is 5.56 Å². The van der Waals surface area contributed by atoms with E-state index in [0.29, 0.717) is 25.7 Å². The number of unbranched alkanes of at least 4 members (excludes halogenated alkanes) is 1. The van der Waals surface area contributed by atoms with Gasteiger partial charge in [0.25, 0.3) is 0 Å². The van der Waals surface area contributed by atoms with E-state index in [9.17, 15) is 20.1 Å². The number of carbonyl (C=O) groups excluding carboxylic acids is 1. The average Bonchev–Trinajstić information content (AvgIpc) is 3.00. The Balaban J connectivity index is 1.79. The molecule has 1 aromatic carbocycles. The van der Waals surface area contributed by atoms with Gasteiger partial charge < -0.3 is 20.2 Å². The number of hydrogen-bond donors (Lipinski definition) is 3. The summed E-state index contributed by atoms with van der Waals surface area (Å²) >= 11 is 0. The second-order valence-corrected chi connectivity index (χ2v) is 8.48. The molecule has 5 atom stereocenters. The molecule has 0 bridgehead atoms. The summed E-state index contributed by atoms with van der Waals surface area (Å²) in [5.74, 6) is -0.0858. The quantitative estimate of drug-likeness (QED) is 0.383. The van der Waals surface area contributed by atoms with Gasteiger partial charge in [-0.25, -0.2) is 0 Å². The third kappa shape index (κ3) is 8.05. The maximum atomic E-state index is 11.6. The molecule has 1 aliphatic rings. The lowest BCUT2D eigenvalue weighted by Crippen LogP contribution is -2.21.